The third-order valence-electron chi connectivity index (χ3n) is 2.03. The Kier molecular flexibility index (Phi) is 3.58. The molecule has 0 spiro atoms. The first-order valence-electron chi connectivity index (χ1n) is 4.67. The molecule has 4 heteroatoms. The first kappa shape index (κ1) is 10.9. The van der Waals surface area contributed by atoms with Crippen molar-refractivity contribution < 1.29 is 0 Å². The van der Waals surface area contributed by atoms with Crippen molar-refractivity contribution in [1.29, 1.82) is 0 Å². The molecule has 0 saturated carbocycles. The molecular weight excluding hydrogens is 319 g/mol. The lowest BCUT2D eigenvalue weighted by Crippen LogP contribution is -2.05. The fourth-order valence-corrected chi connectivity index (χ4v) is 2.53. The lowest BCUT2D eigenvalue weighted by molar-refractivity contribution is 0.870. The van der Waals surface area contributed by atoms with Crippen molar-refractivity contribution in [2.45, 2.75) is 13.0 Å². The molecule has 1 atom stereocenters. The number of rotatable bonds is 3. The number of benzene rings is 1. The van der Waals surface area contributed by atoms with Gasteiger partial charge < -0.3 is 5.32 Å². The summed E-state index contributed by atoms with van der Waals surface area (Å²) in [6, 6.07) is 8.61. The maximum Gasteiger partial charge on any atom is 0.115 e. The Balaban J connectivity index is 2.09. The van der Waals surface area contributed by atoms with Crippen molar-refractivity contribution in [2.24, 2.45) is 0 Å². The first-order chi connectivity index (χ1) is 7.25. The summed E-state index contributed by atoms with van der Waals surface area (Å²) in [5.41, 5.74) is 1.14. The van der Waals surface area contributed by atoms with Gasteiger partial charge in [-0.2, -0.15) is 0 Å². The number of halogens is 1. The van der Waals surface area contributed by atoms with Gasteiger partial charge in [0.25, 0.3) is 0 Å². The fourth-order valence-electron chi connectivity index (χ4n) is 1.34. The van der Waals surface area contributed by atoms with E-state index in [9.17, 15) is 0 Å². The molecule has 0 unspecified atom stereocenters. The molecule has 0 aliphatic rings. The molecule has 1 heterocycles. The van der Waals surface area contributed by atoms with Crippen LogP contribution in [0.2, 0.25) is 0 Å². The van der Waals surface area contributed by atoms with Crippen LogP contribution in [0.15, 0.2) is 35.8 Å². The summed E-state index contributed by atoms with van der Waals surface area (Å²) in [6.45, 7) is 2.12. The lowest BCUT2D eigenvalue weighted by atomic mass is 10.3. The van der Waals surface area contributed by atoms with Gasteiger partial charge in [0.05, 0.1) is 6.04 Å². The third kappa shape index (κ3) is 2.92. The van der Waals surface area contributed by atoms with Gasteiger partial charge in [-0.3, -0.25) is 0 Å². The van der Waals surface area contributed by atoms with Gasteiger partial charge in [0, 0.05) is 20.8 Å². The molecule has 0 bridgehead atoms. The molecule has 0 amide bonds. The zero-order valence-corrected chi connectivity index (χ0v) is 11.2. The molecule has 78 valence electrons. The molecule has 1 aromatic heterocycles. The summed E-state index contributed by atoms with van der Waals surface area (Å²) in [7, 11) is 0. The van der Waals surface area contributed by atoms with E-state index in [0.717, 1.165) is 10.7 Å². The highest BCUT2D eigenvalue weighted by molar-refractivity contribution is 14.1. The molecule has 0 aliphatic carbocycles. The lowest BCUT2D eigenvalue weighted by Gasteiger charge is -2.12. The molecule has 2 nitrogen and oxygen atoms in total. The Labute approximate surface area is 107 Å². The zero-order valence-electron chi connectivity index (χ0n) is 8.27. The number of nitrogens with one attached hydrogen (secondary N) is 1. The van der Waals surface area contributed by atoms with E-state index in [-0.39, 0.29) is 6.04 Å². The van der Waals surface area contributed by atoms with E-state index >= 15 is 0 Å². The molecule has 0 aliphatic heterocycles. The number of anilines is 1. The summed E-state index contributed by atoms with van der Waals surface area (Å²) in [5.74, 6) is 0. The first-order valence-corrected chi connectivity index (χ1v) is 6.63. The minimum absolute atomic E-state index is 0.267. The van der Waals surface area contributed by atoms with Crippen LogP contribution in [0.3, 0.4) is 0 Å². The van der Waals surface area contributed by atoms with E-state index in [0.29, 0.717) is 0 Å². The average molecular weight is 330 g/mol. The minimum atomic E-state index is 0.267. The molecular formula is C11H11IN2S. The number of hydrogen-bond donors (Lipinski definition) is 1. The quantitative estimate of drug-likeness (QED) is 0.863. The van der Waals surface area contributed by atoms with Crippen molar-refractivity contribution >= 4 is 39.6 Å². The summed E-state index contributed by atoms with van der Waals surface area (Å²) in [5, 5.41) is 6.55. The van der Waals surface area contributed by atoms with Gasteiger partial charge in [-0.25, -0.2) is 4.98 Å². The average Bonchev–Trinajstić information content (AvgIpc) is 2.70. The van der Waals surface area contributed by atoms with Crippen molar-refractivity contribution in [2.75, 3.05) is 5.32 Å². The second-order valence-electron chi connectivity index (χ2n) is 3.25. The van der Waals surface area contributed by atoms with Crippen molar-refractivity contribution in [1.82, 2.24) is 4.98 Å². The third-order valence-corrected chi connectivity index (χ3v) is 3.66. The van der Waals surface area contributed by atoms with Crippen LogP contribution >= 0.6 is 33.9 Å². The molecule has 0 saturated heterocycles. The van der Waals surface area contributed by atoms with Crippen LogP contribution in [-0.4, -0.2) is 4.98 Å². The van der Waals surface area contributed by atoms with Crippen LogP contribution in [0.5, 0.6) is 0 Å². The van der Waals surface area contributed by atoms with Crippen LogP contribution in [0.4, 0.5) is 5.69 Å². The van der Waals surface area contributed by atoms with Gasteiger partial charge in [0.1, 0.15) is 5.01 Å². The molecule has 2 rings (SSSR count). The van der Waals surface area contributed by atoms with Crippen LogP contribution in [0, 0.1) is 3.57 Å². The Morgan fingerprint density at radius 2 is 2.33 bits per heavy atom. The zero-order chi connectivity index (χ0) is 10.7. The molecule has 1 aromatic carbocycles. The molecule has 0 fully saturated rings. The summed E-state index contributed by atoms with van der Waals surface area (Å²) in [6.07, 6.45) is 1.84. The Morgan fingerprint density at radius 3 is 3.00 bits per heavy atom. The summed E-state index contributed by atoms with van der Waals surface area (Å²) >= 11 is 3.99. The van der Waals surface area contributed by atoms with Crippen molar-refractivity contribution in [3.63, 3.8) is 0 Å². The van der Waals surface area contributed by atoms with Gasteiger partial charge >= 0.3 is 0 Å². The predicted molar refractivity (Wildman–Crippen MR) is 73.3 cm³/mol. The topological polar surface area (TPSA) is 24.9 Å². The molecule has 1 N–H and O–H groups in total. The van der Waals surface area contributed by atoms with E-state index in [1.54, 1.807) is 11.3 Å². The Morgan fingerprint density at radius 1 is 1.47 bits per heavy atom. The largest absolute Gasteiger partial charge is 0.376 e. The maximum atomic E-state index is 4.29. The molecule has 15 heavy (non-hydrogen) atoms. The molecule has 2 aromatic rings. The van der Waals surface area contributed by atoms with Crippen molar-refractivity contribution in [3.05, 3.63) is 44.4 Å². The van der Waals surface area contributed by atoms with E-state index < -0.39 is 0 Å². The standard InChI is InChI=1S/C11H11IN2S/c1-8(11-13-5-6-15-11)14-10-4-2-3-9(12)7-10/h2-8,14H,1H3/t8-/m0/s1. The van der Waals surface area contributed by atoms with E-state index in [4.69, 9.17) is 0 Å². The number of hydrogen-bond acceptors (Lipinski definition) is 3. The maximum absolute atomic E-state index is 4.29. The number of thiazole rings is 1. The van der Waals surface area contributed by atoms with Crippen LogP contribution in [0.1, 0.15) is 18.0 Å². The van der Waals surface area contributed by atoms with Gasteiger partial charge in [-0.15, -0.1) is 11.3 Å². The predicted octanol–water partition coefficient (Wildman–Crippen LogP) is 3.92. The fraction of sp³-hybridized carbons (Fsp3) is 0.182. The van der Waals surface area contributed by atoms with Gasteiger partial charge in [-0.1, -0.05) is 6.07 Å². The van der Waals surface area contributed by atoms with Crippen LogP contribution < -0.4 is 5.32 Å². The van der Waals surface area contributed by atoms with Crippen LogP contribution in [0.25, 0.3) is 0 Å². The van der Waals surface area contributed by atoms with E-state index in [2.05, 4.69) is 64.1 Å². The van der Waals surface area contributed by atoms with Crippen LogP contribution in [-0.2, 0) is 0 Å². The van der Waals surface area contributed by atoms with E-state index in [1.807, 2.05) is 11.6 Å². The Bertz CT molecular complexity index is 428. The number of aromatic nitrogens is 1. The van der Waals surface area contributed by atoms with E-state index in [1.165, 1.54) is 3.57 Å². The Hall–Kier alpha value is -0.620. The summed E-state index contributed by atoms with van der Waals surface area (Å²) in [4.78, 5) is 4.29. The minimum Gasteiger partial charge on any atom is -0.376 e. The highest BCUT2D eigenvalue weighted by Gasteiger charge is 2.07. The highest BCUT2D eigenvalue weighted by atomic mass is 127. The monoisotopic (exact) mass is 330 g/mol. The van der Waals surface area contributed by atoms with Gasteiger partial charge in [0.15, 0.2) is 0 Å². The number of nitrogens with zero attached hydrogens (tertiary/aromatic N) is 1. The highest BCUT2D eigenvalue weighted by Crippen LogP contribution is 2.21. The van der Waals surface area contributed by atoms with Gasteiger partial charge in [-0.05, 0) is 47.7 Å². The second kappa shape index (κ2) is 4.94. The van der Waals surface area contributed by atoms with Crippen molar-refractivity contribution in [3.8, 4) is 0 Å². The smallest absolute Gasteiger partial charge is 0.115 e. The SMILES string of the molecule is C[C@H](Nc1cccc(I)c1)c1nccs1. The summed E-state index contributed by atoms with van der Waals surface area (Å²) < 4.78 is 1.24. The molecule has 0 radical (unpaired) electrons. The second-order valence-corrected chi connectivity index (χ2v) is 5.42. The van der Waals surface area contributed by atoms with Gasteiger partial charge in [0.2, 0.25) is 0 Å². The normalized spacial score (nSPS) is 12.4.